The second kappa shape index (κ2) is 8.64. The average molecular weight is 279 g/mol. The van der Waals surface area contributed by atoms with E-state index in [1.54, 1.807) is 0 Å². The van der Waals surface area contributed by atoms with E-state index in [9.17, 15) is 5.26 Å². The summed E-state index contributed by atoms with van der Waals surface area (Å²) in [7, 11) is 0. The molecule has 3 nitrogen and oxygen atoms in total. The Balaban J connectivity index is 2.29. The molecule has 1 rings (SSSR count). The quantitative estimate of drug-likeness (QED) is 0.740. The highest BCUT2D eigenvalue weighted by Crippen LogP contribution is 2.25. The summed E-state index contributed by atoms with van der Waals surface area (Å²) in [4.78, 5) is 2.59. The maximum Gasteiger partial charge on any atom is 0.106 e. The van der Waals surface area contributed by atoms with E-state index < -0.39 is 0 Å². The van der Waals surface area contributed by atoms with Crippen molar-refractivity contribution in [1.29, 1.82) is 5.26 Å². The highest BCUT2D eigenvalue weighted by molar-refractivity contribution is 5.06. The van der Waals surface area contributed by atoms with Gasteiger partial charge in [0.25, 0.3) is 0 Å². The van der Waals surface area contributed by atoms with Gasteiger partial charge in [-0.2, -0.15) is 5.26 Å². The minimum Gasteiger partial charge on any atom is -0.303 e. The predicted molar refractivity (Wildman–Crippen MR) is 85.5 cm³/mol. The van der Waals surface area contributed by atoms with Crippen molar-refractivity contribution < 1.29 is 0 Å². The first-order chi connectivity index (χ1) is 9.56. The Morgan fingerprint density at radius 3 is 2.40 bits per heavy atom. The van der Waals surface area contributed by atoms with Crippen LogP contribution in [-0.2, 0) is 0 Å². The van der Waals surface area contributed by atoms with Gasteiger partial charge in [0, 0.05) is 0 Å². The number of hydrogen-bond acceptors (Lipinski definition) is 3. The van der Waals surface area contributed by atoms with Crippen LogP contribution in [0.4, 0.5) is 0 Å². The minimum absolute atomic E-state index is 0.301. The van der Waals surface area contributed by atoms with Crippen molar-refractivity contribution in [3.05, 3.63) is 0 Å². The van der Waals surface area contributed by atoms with Crippen molar-refractivity contribution in [2.75, 3.05) is 26.2 Å². The molecule has 0 saturated carbocycles. The van der Waals surface area contributed by atoms with Crippen LogP contribution in [0.1, 0.15) is 59.8 Å². The lowest BCUT2D eigenvalue weighted by Crippen LogP contribution is -2.44. The number of nitrogens with one attached hydrogen (secondary N) is 1. The second-order valence-corrected chi connectivity index (χ2v) is 6.60. The molecule has 1 N–H and O–H groups in total. The Labute approximate surface area is 125 Å². The first-order valence-corrected chi connectivity index (χ1v) is 8.45. The molecule has 1 atom stereocenters. The van der Waals surface area contributed by atoms with Gasteiger partial charge >= 0.3 is 0 Å². The summed E-state index contributed by atoms with van der Waals surface area (Å²) in [6.07, 6.45) is 5.69. The third kappa shape index (κ3) is 5.07. The highest BCUT2D eigenvalue weighted by Gasteiger charge is 2.27. The maximum atomic E-state index is 9.41. The second-order valence-electron chi connectivity index (χ2n) is 6.60. The van der Waals surface area contributed by atoms with E-state index in [4.69, 9.17) is 0 Å². The summed E-state index contributed by atoms with van der Waals surface area (Å²) in [6.45, 7) is 13.4. The summed E-state index contributed by atoms with van der Waals surface area (Å²) in [5, 5.41) is 12.8. The molecule has 1 aliphatic heterocycles. The third-order valence-corrected chi connectivity index (χ3v) is 4.99. The van der Waals surface area contributed by atoms with Crippen LogP contribution in [0.5, 0.6) is 0 Å². The highest BCUT2D eigenvalue weighted by atomic mass is 15.1. The van der Waals surface area contributed by atoms with Crippen LogP contribution < -0.4 is 5.32 Å². The van der Waals surface area contributed by atoms with Crippen LogP contribution in [0.3, 0.4) is 0 Å². The summed E-state index contributed by atoms with van der Waals surface area (Å²) >= 11 is 0. The molecule has 0 aromatic rings. The number of nitriles is 1. The lowest BCUT2D eigenvalue weighted by atomic mass is 9.86. The van der Waals surface area contributed by atoms with Crippen molar-refractivity contribution in [1.82, 2.24) is 10.2 Å². The van der Waals surface area contributed by atoms with E-state index in [0.717, 1.165) is 44.2 Å². The van der Waals surface area contributed by atoms with Gasteiger partial charge in [0.05, 0.1) is 6.07 Å². The van der Waals surface area contributed by atoms with Gasteiger partial charge in [-0.05, 0) is 70.1 Å². The van der Waals surface area contributed by atoms with E-state index in [0.29, 0.717) is 0 Å². The normalized spacial score (nSPS) is 20.8. The Hall–Kier alpha value is -0.590. The Bertz CT molecular complexity index is 300. The van der Waals surface area contributed by atoms with Crippen molar-refractivity contribution in [3.8, 4) is 6.07 Å². The fourth-order valence-corrected chi connectivity index (χ4v) is 3.35. The van der Waals surface area contributed by atoms with Crippen LogP contribution in [0.25, 0.3) is 0 Å². The molecular weight excluding hydrogens is 246 g/mol. The van der Waals surface area contributed by atoms with Crippen molar-refractivity contribution in [3.63, 3.8) is 0 Å². The van der Waals surface area contributed by atoms with Crippen molar-refractivity contribution in [2.24, 2.45) is 11.8 Å². The van der Waals surface area contributed by atoms with Gasteiger partial charge in [0.1, 0.15) is 5.54 Å². The molecule has 0 aliphatic carbocycles. The zero-order chi connectivity index (χ0) is 15.0. The molecule has 0 bridgehead atoms. The summed E-state index contributed by atoms with van der Waals surface area (Å²) in [5.41, 5.74) is -0.301. The van der Waals surface area contributed by atoms with E-state index >= 15 is 0 Å². The van der Waals surface area contributed by atoms with Gasteiger partial charge in [-0.1, -0.05) is 27.7 Å². The molecule has 1 unspecified atom stereocenters. The fourth-order valence-electron chi connectivity index (χ4n) is 3.35. The first kappa shape index (κ1) is 17.5. The lowest BCUT2D eigenvalue weighted by molar-refractivity contribution is 0.153. The van der Waals surface area contributed by atoms with Crippen LogP contribution in [0.15, 0.2) is 0 Å². The molecule has 1 fully saturated rings. The number of likely N-dealkylation sites (tertiary alicyclic amines) is 1. The average Bonchev–Trinajstić information content (AvgIpc) is 2.47. The zero-order valence-electron chi connectivity index (χ0n) is 13.9. The van der Waals surface area contributed by atoms with Crippen LogP contribution in [-0.4, -0.2) is 36.6 Å². The zero-order valence-corrected chi connectivity index (χ0v) is 13.9. The van der Waals surface area contributed by atoms with Gasteiger partial charge < -0.3 is 4.90 Å². The van der Waals surface area contributed by atoms with Crippen LogP contribution in [0, 0.1) is 23.2 Å². The number of nitrogens with zero attached hydrogens (tertiary/aromatic N) is 2. The topological polar surface area (TPSA) is 39.1 Å². The van der Waals surface area contributed by atoms with Gasteiger partial charge in [0.2, 0.25) is 0 Å². The van der Waals surface area contributed by atoms with Crippen molar-refractivity contribution >= 4 is 0 Å². The molecule has 3 heteroatoms. The summed E-state index contributed by atoms with van der Waals surface area (Å²) in [5.74, 6) is 1.75. The molecule has 1 heterocycles. The maximum absolute atomic E-state index is 9.41. The number of piperidine rings is 1. The summed E-state index contributed by atoms with van der Waals surface area (Å²) < 4.78 is 0. The van der Waals surface area contributed by atoms with Crippen LogP contribution in [0.2, 0.25) is 0 Å². The monoisotopic (exact) mass is 279 g/mol. The minimum atomic E-state index is -0.301. The summed E-state index contributed by atoms with van der Waals surface area (Å²) in [6, 6.07) is 2.50. The molecule has 20 heavy (non-hydrogen) atoms. The van der Waals surface area contributed by atoms with Gasteiger partial charge in [0.15, 0.2) is 0 Å². The number of hydrogen-bond donors (Lipinski definition) is 1. The van der Waals surface area contributed by atoms with E-state index in [1.807, 2.05) is 0 Å². The van der Waals surface area contributed by atoms with Crippen LogP contribution >= 0.6 is 0 Å². The molecule has 0 amide bonds. The molecule has 1 saturated heterocycles. The van der Waals surface area contributed by atoms with E-state index in [1.165, 1.54) is 25.9 Å². The lowest BCUT2D eigenvalue weighted by Gasteiger charge is -2.34. The van der Waals surface area contributed by atoms with Gasteiger partial charge in [-0.15, -0.1) is 0 Å². The van der Waals surface area contributed by atoms with E-state index in [2.05, 4.69) is 44.0 Å². The standard InChI is InChI=1S/C17H33N3/c1-5-17(14-18,19-6-2)10-7-11-20-12-8-16(9-13-20)15(3)4/h15-16,19H,5-13H2,1-4H3. The molecule has 0 aromatic carbocycles. The molecule has 1 aliphatic rings. The number of rotatable bonds is 8. The smallest absolute Gasteiger partial charge is 0.106 e. The van der Waals surface area contributed by atoms with E-state index in [-0.39, 0.29) is 5.54 Å². The molecular formula is C17H33N3. The molecule has 0 spiro atoms. The Morgan fingerprint density at radius 1 is 1.30 bits per heavy atom. The van der Waals surface area contributed by atoms with Gasteiger partial charge in [-0.25, -0.2) is 0 Å². The predicted octanol–water partition coefficient (Wildman–Crippen LogP) is 3.42. The third-order valence-electron chi connectivity index (χ3n) is 4.99. The Morgan fingerprint density at radius 2 is 1.95 bits per heavy atom. The molecule has 0 aromatic heterocycles. The first-order valence-electron chi connectivity index (χ1n) is 8.45. The molecule has 116 valence electrons. The SMILES string of the molecule is CCNC(C#N)(CC)CCCN1CCC(C(C)C)CC1. The fraction of sp³-hybridized carbons (Fsp3) is 0.941. The van der Waals surface area contributed by atoms with Crippen molar-refractivity contribution in [2.45, 2.75) is 65.3 Å². The largest absolute Gasteiger partial charge is 0.303 e. The Kier molecular flexibility index (Phi) is 7.55. The van der Waals surface area contributed by atoms with Gasteiger partial charge in [-0.3, -0.25) is 5.32 Å². The molecule has 0 radical (unpaired) electrons.